The molecule has 8 heteroatoms. The van der Waals surface area contributed by atoms with Crippen molar-refractivity contribution in [3.05, 3.63) is 35.0 Å². The van der Waals surface area contributed by atoms with E-state index in [0.717, 1.165) is 42.6 Å². The standard InChI is InChI=1S/C23H37N5O3/c1-5-7-18(10-12-29)26-22-20(16(2)25-23(24)27-22)14-17-8-9-19(15-21(17)30)31-13-6-11-28(3)4/h8-9,15,18,29-30H,5-7,10-14H2,1-4H3,(H3,24,25,26,27)/t18-/m0/s1. The number of nitrogen functional groups attached to an aromatic ring is 1. The number of anilines is 2. The van der Waals surface area contributed by atoms with E-state index >= 15 is 0 Å². The van der Waals surface area contributed by atoms with Gasteiger partial charge in [0, 0.05) is 42.9 Å². The van der Waals surface area contributed by atoms with Gasteiger partial charge in [0.15, 0.2) is 0 Å². The number of ether oxygens (including phenoxy) is 1. The smallest absolute Gasteiger partial charge is 0.222 e. The van der Waals surface area contributed by atoms with Crippen molar-refractivity contribution in [2.75, 3.05) is 44.9 Å². The molecular weight excluding hydrogens is 394 g/mol. The van der Waals surface area contributed by atoms with E-state index in [1.165, 1.54) is 0 Å². The second kappa shape index (κ2) is 12.3. The van der Waals surface area contributed by atoms with Crippen LogP contribution in [-0.4, -0.2) is 65.0 Å². The molecule has 0 bridgehead atoms. The maximum Gasteiger partial charge on any atom is 0.222 e. The number of benzene rings is 1. The van der Waals surface area contributed by atoms with Gasteiger partial charge in [-0.2, -0.15) is 4.98 Å². The zero-order valence-electron chi connectivity index (χ0n) is 19.2. The average molecular weight is 432 g/mol. The minimum absolute atomic E-state index is 0.0917. The van der Waals surface area contributed by atoms with E-state index in [1.807, 2.05) is 33.2 Å². The van der Waals surface area contributed by atoms with Crippen molar-refractivity contribution in [3.63, 3.8) is 0 Å². The van der Waals surface area contributed by atoms with Crippen molar-refractivity contribution in [3.8, 4) is 11.5 Å². The van der Waals surface area contributed by atoms with Crippen molar-refractivity contribution in [2.45, 2.75) is 52.0 Å². The van der Waals surface area contributed by atoms with E-state index in [0.29, 0.717) is 31.0 Å². The topological polar surface area (TPSA) is 117 Å². The predicted molar refractivity (Wildman–Crippen MR) is 125 cm³/mol. The first-order valence-electron chi connectivity index (χ1n) is 10.9. The molecule has 0 aliphatic rings. The molecule has 8 nitrogen and oxygen atoms in total. The Balaban J connectivity index is 2.17. The third kappa shape index (κ3) is 7.88. The lowest BCUT2D eigenvalue weighted by Gasteiger charge is -2.21. The van der Waals surface area contributed by atoms with E-state index in [2.05, 4.69) is 27.1 Å². The van der Waals surface area contributed by atoms with E-state index in [-0.39, 0.29) is 24.3 Å². The molecule has 0 saturated heterocycles. The maximum atomic E-state index is 10.6. The molecular formula is C23H37N5O3. The van der Waals surface area contributed by atoms with Gasteiger partial charge in [0.05, 0.1) is 6.61 Å². The van der Waals surface area contributed by atoms with Crippen LogP contribution in [-0.2, 0) is 6.42 Å². The monoisotopic (exact) mass is 431 g/mol. The van der Waals surface area contributed by atoms with Gasteiger partial charge in [-0.15, -0.1) is 0 Å². The number of phenols is 1. The van der Waals surface area contributed by atoms with Crippen LogP contribution in [0.15, 0.2) is 18.2 Å². The summed E-state index contributed by atoms with van der Waals surface area (Å²) in [6, 6.07) is 5.48. The average Bonchev–Trinajstić information content (AvgIpc) is 2.69. The molecule has 0 aliphatic carbocycles. The van der Waals surface area contributed by atoms with Gasteiger partial charge < -0.3 is 30.9 Å². The van der Waals surface area contributed by atoms with Crippen molar-refractivity contribution in [1.29, 1.82) is 0 Å². The molecule has 0 saturated carbocycles. The number of rotatable bonds is 13. The van der Waals surface area contributed by atoms with Crippen molar-refractivity contribution < 1.29 is 14.9 Å². The number of aromatic hydroxyl groups is 1. The minimum atomic E-state index is 0.0917. The SMILES string of the molecule is CCC[C@@H](CCO)Nc1nc(N)nc(C)c1Cc1ccc(OCCCN(C)C)cc1O. The lowest BCUT2D eigenvalue weighted by Crippen LogP contribution is -2.23. The second-order valence-electron chi connectivity index (χ2n) is 8.11. The quantitative estimate of drug-likeness (QED) is 0.358. The van der Waals surface area contributed by atoms with Gasteiger partial charge >= 0.3 is 0 Å². The van der Waals surface area contributed by atoms with Gasteiger partial charge in [-0.05, 0) is 51.9 Å². The van der Waals surface area contributed by atoms with Crippen molar-refractivity contribution in [2.24, 2.45) is 0 Å². The fourth-order valence-electron chi connectivity index (χ4n) is 3.48. The number of phenolic OH excluding ortho intramolecular Hbond substituents is 1. The van der Waals surface area contributed by atoms with Crippen LogP contribution in [0.25, 0.3) is 0 Å². The Morgan fingerprint density at radius 2 is 2.00 bits per heavy atom. The second-order valence-corrected chi connectivity index (χ2v) is 8.11. The summed E-state index contributed by atoms with van der Waals surface area (Å²) in [5, 5.41) is 23.4. The van der Waals surface area contributed by atoms with E-state index in [1.54, 1.807) is 6.07 Å². The Kier molecular flexibility index (Phi) is 9.81. The van der Waals surface area contributed by atoms with Crippen molar-refractivity contribution >= 4 is 11.8 Å². The highest BCUT2D eigenvalue weighted by atomic mass is 16.5. The first kappa shape index (κ1) is 24.7. The Hall–Kier alpha value is -2.58. The molecule has 0 amide bonds. The molecule has 0 spiro atoms. The van der Waals surface area contributed by atoms with Gasteiger partial charge in [-0.1, -0.05) is 19.4 Å². The molecule has 1 heterocycles. The summed E-state index contributed by atoms with van der Waals surface area (Å²) in [7, 11) is 4.06. The normalized spacial score (nSPS) is 12.2. The van der Waals surface area contributed by atoms with Gasteiger partial charge in [0.2, 0.25) is 5.95 Å². The largest absolute Gasteiger partial charge is 0.508 e. The molecule has 0 aliphatic heterocycles. The summed E-state index contributed by atoms with van der Waals surface area (Å²) in [4.78, 5) is 10.8. The minimum Gasteiger partial charge on any atom is -0.508 e. The summed E-state index contributed by atoms with van der Waals surface area (Å²) in [5.41, 5.74) is 8.29. The molecule has 5 N–H and O–H groups in total. The Bertz CT molecular complexity index is 823. The maximum absolute atomic E-state index is 10.6. The molecule has 1 aromatic carbocycles. The van der Waals surface area contributed by atoms with Gasteiger partial charge in [-0.25, -0.2) is 4.98 Å². The summed E-state index contributed by atoms with van der Waals surface area (Å²) in [6.07, 6.45) is 3.90. The molecule has 31 heavy (non-hydrogen) atoms. The molecule has 2 aromatic rings. The highest BCUT2D eigenvalue weighted by Gasteiger charge is 2.17. The number of aliphatic hydroxyl groups excluding tert-OH is 1. The molecule has 0 fully saturated rings. The van der Waals surface area contributed by atoms with E-state index in [9.17, 15) is 10.2 Å². The number of nitrogens with two attached hydrogens (primary N) is 1. The molecule has 0 radical (unpaired) electrons. The Morgan fingerprint density at radius 1 is 1.23 bits per heavy atom. The highest BCUT2D eigenvalue weighted by molar-refractivity contribution is 5.54. The molecule has 172 valence electrons. The summed E-state index contributed by atoms with van der Waals surface area (Å²) in [6.45, 7) is 5.64. The predicted octanol–water partition coefficient (Wildman–Crippen LogP) is 2.96. The van der Waals surface area contributed by atoms with Crippen LogP contribution in [0.3, 0.4) is 0 Å². The number of hydrogen-bond donors (Lipinski definition) is 4. The van der Waals surface area contributed by atoms with Crippen LogP contribution in [0.5, 0.6) is 11.5 Å². The fourth-order valence-corrected chi connectivity index (χ4v) is 3.48. The van der Waals surface area contributed by atoms with Crippen LogP contribution in [0, 0.1) is 6.92 Å². The number of aliphatic hydroxyl groups is 1. The first-order chi connectivity index (χ1) is 14.8. The number of aromatic nitrogens is 2. The zero-order valence-corrected chi connectivity index (χ0v) is 19.2. The Morgan fingerprint density at radius 3 is 2.65 bits per heavy atom. The lowest BCUT2D eigenvalue weighted by atomic mass is 10.0. The van der Waals surface area contributed by atoms with Crippen LogP contribution >= 0.6 is 0 Å². The van der Waals surface area contributed by atoms with Gasteiger partial charge in [0.1, 0.15) is 17.3 Å². The number of nitrogens with zero attached hydrogens (tertiary/aromatic N) is 3. The number of nitrogens with one attached hydrogen (secondary N) is 1. The Labute approximate surface area is 185 Å². The highest BCUT2D eigenvalue weighted by Crippen LogP contribution is 2.29. The zero-order chi connectivity index (χ0) is 22.8. The third-order valence-corrected chi connectivity index (χ3v) is 5.13. The van der Waals surface area contributed by atoms with Gasteiger partial charge in [0.25, 0.3) is 0 Å². The van der Waals surface area contributed by atoms with E-state index < -0.39 is 0 Å². The summed E-state index contributed by atoms with van der Waals surface area (Å²) < 4.78 is 5.75. The van der Waals surface area contributed by atoms with Crippen LogP contribution in [0.2, 0.25) is 0 Å². The molecule has 1 atom stereocenters. The number of aryl methyl sites for hydroxylation is 1. The number of hydrogen-bond acceptors (Lipinski definition) is 8. The summed E-state index contributed by atoms with van der Waals surface area (Å²) >= 11 is 0. The molecule has 1 aromatic heterocycles. The van der Waals surface area contributed by atoms with Crippen LogP contribution in [0.4, 0.5) is 11.8 Å². The summed E-state index contributed by atoms with van der Waals surface area (Å²) in [5.74, 6) is 1.68. The molecule has 0 unspecified atom stereocenters. The first-order valence-corrected chi connectivity index (χ1v) is 10.9. The lowest BCUT2D eigenvalue weighted by molar-refractivity contribution is 0.276. The molecule has 2 rings (SSSR count). The van der Waals surface area contributed by atoms with Crippen LogP contribution in [0.1, 0.15) is 49.4 Å². The van der Waals surface area contributed by atoms with Gasteiger partial charge in [-0.3, -0.25) is 0 Å². The van der Waals surface area contributed by atoms with E-state index in [4.69, 9.17) is 10.5 Å². The van der Waals surface area contributed by atoms with Crippen molar-refractivity contribution in [1.82, 2.24) is 14.9 Å². The third-order valence-electron chi connectivity index (χ3n) is 5.13. The van der Waals surface area contributed by atoms with Crippen LogP contribution < -0.4 is 15.8 Å². The fraction of sp³-hybridized carbons (Fsp3) is 0.565.